The Kier molecular flexibility index (Phi) is 3.71. The van der Waals surface area contributed by atoms with Gasteiger partial charge in [0.15, 0.2) is 11.6 Å². The second-order valence-corrected chi connectivity index (χ2v) is 4.71. The number of anilines is 1. The van der Waals surface area contributed by atoms with E-state index in [-0.39, 0.29) is 23.5 Å². The van der Waals surface area contributed by atoms with E-state index in [9.17, 15) is 8.78 Å². The Morgan fingerprint density at radius 1 is 1.28 bits per heavy atom. The minimum atomic E-state index is -0.563. The molecule has 0 amide bonds. The highest BCUT2D eigenvalue weighted by molar-refractivity contribution is 5.52. The lowest BCUT2D eigenvalue weighted by Crippen LogP contribution is -2.42. The third-order valence-corrected chi connectivity index (χ3v) is 3.63. The molecular weight excluding hydrogens is 238 g/mol. The lowest BCUT2D eigenvalue weighted by atomic mass is 10.1. The highest BCUT2D eigenvalue weighted by atomic mass is 19.1. The molecule has 0 bridgehead atoms. The lowest BCUT2D eigenvalue weighted by molar-refractivity contribution is 0.382. The smallest absolute Gasteiger partial charge is 0.167 e. The molecule has 0 spiro atoms. The van der Waals surface area contributed by atoms with Gasteiger partial charge >= 0.3 is 0 Å². The summed E-state index contributed by atoms with van der Waals surface area (Å²) in [6.45, 7) is 0. The summed E-state index contributed by atoms with van der Waals surface area (Å²) in [5.41, 5.74) is 6.21. The van der Waals surface area contributed by atoms with Crippen molar-refractivity contribution in [3.05, 3.63) is 23.8 Å². The van der Waals surface area contributed by atoms with Crippen molar-refractivity contribution < 1.29 is 13.5 Å². The molecule has 2 atom stereocenters. The maximum Gasteiger partial charge on any atom is 0.167 e. The number of rotatable bonds is 3. The van der Waals surface area contributed by atoms with E-state index < -0.39 is 11.6 Å². The van der Waals surface area contributed by atoms with Crippen LogP contribution in [-0.4, -0.2) is 26.2 Å². The topological polar surface area (TPSA) is 38.5 Å². The van der Waals surface area contributed by atoms with Crippen LogP contribution in [0.2, 0.25) is 0 Å². The summed E-state index contributed by atoms with van der Waals surface area (Å²) in [7, 11) is 3.06. The molecule has 0 saturated heterocycles. The van der Waals surface area contributed by atoms with Crippen molar-refractivity contribution in [1.82, 2.24) is 0 Å². The number of methoxy groups -OCH3 is 1. The Bertz CT molecular complexity index is 439. The maximum absolute atomic E-state index is 13.9. The van der Waals surface area contributed by atoms with Gasteiger partial charge in [-0.1, -0.05) is 0 Å². The van der Waals surface area contributed by atoms with E-state index in [0.717, 1.165) is 25.3 Å². The first-order chi connectivity index (χ1) is 8.54. The fourth-order valence-corrected chi connectivity index (χ4v) is 2.57. The molecule has 1 fully saturated rings. The molecule has 0 aromatic heterocycles. The zero-order valence-corrected chi connectivity index (χ0v) is 10.6. The normalized spacial score (nSPS) is 23.2. The van der Waals surface area contributed by atoms with E-state index in [2.05, 4.69) is 0 Å². The van der Waals surface area contributed by atoms with E-state index >= 15 is 0 Å². The number of ether oxygens (including phenoxy) is 1. The second kappa shape index (κ2) is 5.10. The summed E-state index contributed by atoms with van der Waals surface area (Å²) >= 11 is 0. The molecule has 1 aromatic carbocycles. The highest BCUT2D eigenvalue weighted by Gasteiger charge is 2.29. The Morgan fingerprint density at radius 2 is 2.00 bits per heavy atom. The highest BCUT2D eigenvalue weighted by Crippen LogP contribution is 2.31. The molecule has 2 N–H and O–H groups in total. The van der Waals surface area contributed by atoms with Crippen molar-refractivity contribution >= 4 is 5.69 Å². The standard InChI is InChI=1S/C13H18F2N2O/c1-17(11-5-3-4-10(11)16)12-6-9(15)13(18-2)7-8(12)14/h6-7,10-11H,3-5,16H2,1-2H3. The Morgan fingerprint density at radius 3 is 2.56 bits per heavy atom. The SMILES string of the molecule is COc1cc(F)c(N(C)C2CCCC2N)cc1F. The van der Waals surface area contributed by atoms with Crippen molar-refractivity contribution in [3.8, 4) is 5.75 Å². The average molecular weight is 256 g/mol. The second-order valence-electron chi connectivity index (χ2n) is 4.71. The fourth-order valence-electron chi connectivity index (χ4n) is 2.57. The number of benzene rings is 1. The summed E-state index contributed by atoms with van der Waals surface area (Å²) in [6.07, 6.45) is 2.86. The number of nitrogens with two attached hydrogens (primary N) is 1. The van der Waals surface area contributed by atoms with E-state index in [1.807, 2.05) is 0 Å². The van der Waals surface area contributed by atoms with Crippen molar-refractivity contribution in [2.24, 2.45) is 5.73 Å². The van der Waals surface area contributed by atoms with Gasteiger partial charge in [0.1, 0.15) is 5.82 Å². The summed E-state index contributed by atoms with van der Waals surface area (Å²) in [5, 5.41) is 0. The van der Waals surface area contributed by atoms with Crippen LogP contribution in [0.5, 0.6) is 5.75 Å². The third-order valence-electron chi connectivity index (χ3n) is 3.63. The van der Waals surface area contributed by atoms with Crippen molar-refractivity contribution in [2.75, 3.05) is 19.1 Å². The van der Waals surface area contributed by atoms with Gasteiger partial charge in [-0.15, -0.1) is 0 Å². The van der Waals surface area contributed by atoms with E-state index in [4.69, 9.17) is 10.5 Å². The maximum atomic E-state index is 13.9. The van der Waals surface area contributed by atoms with Crippen LogP contribution in [-0.2, 0) is 0 Å². The Hall–Kier alpha value is -1.36. The van der Waals surface area contributed by atoms with Crippen LogP contribution in [0.15, 0.2) is 12.1 Å². The van der Waals surface area contributed by atoms with Gasteiger partial charge in [0.25, 0.3) is 0 Å². The molecule has 5 heteroatoms. The van der Waals surface area contributed by atoms with Gasteiger partial charge in [-0.05, 0) is 19.3 Å². The van der Waals surface area contributed by atoms with E-state index in [1.165, 1.54) is 13.2 Å². The van der Waals surface area contributed by atoms with E-state index in [1.54, 1.807) is 11.9 Å². The quantitative estimate of drug-likeness (QED) is 0.901. The number of hydrogen-bond acceptors (Lipinski definition) is 3. The minimum Gasteiger partial charge on any atom is -0.494 e. The summed E-state index contributed by atoms with van der Waals surface area (Å²) in [4.78, 5) is 1.73. The van der Waals surface area contributed by atoms with Gasteiger partial charge in [-0.25, -0.2) is 8.78 Å². The number of nitrogens with zero attached hydrogens (tertiary/aromatic N) is 1. The summed E-state index contributed by atoms with van der Waals surface area (Å²) in [5.74, 6) is -1.14. The van der Waals surface area contributed by atoms with Gasteiger partial charge in [0, 0.05) is 31.3 Å². The van der Waals surface area contributed by atoms with Gasteiger partial charge in [0.05, 0.1) is 12.8 Å². The van der Waals surface area contributed by atoms with Crippen LogP contribution in [0.4, 0.5) is 14.5 Å². The van der Waals surface area contributed by atoms with Crippen LogP contribution < -0.4 is 15.4 Å². The van der Waals surface area contributed by atoms with E-state index in [0.29, 0.717) is 0 Å². The number of likely N-dealkylation sites (N-methyl/N-ethyl adjacent to an activating group) is 1. The van der Waals surface area contributed by atoms with Gasteiger partial charge in [-0.2, -0.15) is 0 Å². The molecule has 1 aromatic rings. The van der Waals surface area contributed by atoms with Gasteiger partial charge in [0.2, 0.25) is 0 Å². The summed E-state index contributed by atoms with van der Waals surface area (Å²) in [6, 6.07) is 2.31. The molecule has 18 heavy (non-hydrogen) atoms. The molecule has 2 unspecified atom stereocenters. The van der Waals surface area contributed by atoms with Crippen LogP contribution >= 0.6 is 0 Å². The zero-order chi connectivity index (χ0) is 13.3. The molecule has 1 aliphatic carbocycles. The molecule has 2 rings (SSSR count). The number of halogens is 2. The van der Waals surface area contributed by atoms with Crippen molar-refractivity contribution in [1.29, 1.82) is 0 Å². The van der Waals surface area contributed by atoms with Crippen LogP contribution in [0.25, 0.3) is 0 Å². The average Bonchev–Trinajstić information content (AvgIpc) is 2.77. The fraction of sp³-hybridized carbons (Fsp3) is 0.538. The van der Waals surface area contributed by atoms with Crippen LogP contribution in [0, 0.1) is 11.6 Å². The molecular formula is C13H18F2N2O. The van der Waals surface area contributed by atoms with Gasteiger partial charge < -0.3 is 15.4 Å². The van der Waals surface area contributed by atoms with Crippen LogP contribution in [0.1, 0.15) is 19.3 Å². The number of hydrogen-bond donors (Lipinski definition) is 1. The molecule has 0 aliphatic heterocycles. The van der Waals surface area contributed by atoms with Crippen LogP contribution in [0.3, 0.4) is 0 Å². The first kappa shape index (κ1) is 13.1. The minimum absolute atomic E-state index is 0.0135. The molecule has 1 saturated carbocycles. The monoisotopic (exact) mass is 256 g/mol. The largest absolute Gasteiger partial charge is 0.494 e. The molecule has 3 nitrogen and oxygen atoms in total. The lowest BCUT2D eigenvalue weighted by Gasteiger charge is -2.30. The predicted octanol–water partition coefficient (Wildman–Crippen LogP) is 2.29. The Balaban J connectivity index is 2.30. The molecule has 0 heterocycles. The first-order valence-corrected chi connectivity index (χ1v) is 6.06. The predicted molar refractivity (Wildman–Crippen MR) is 66.9 cm³/mol. The van der Waals surface area contributed by atoms with Gasteiger partial charge in [-0.3, -0.25) is 0 Å². The zero-order valence-electron chi connectivity index (χ0n) is 10.6. The first-order valence-electron chi connectivity index (χ1n) is 6.06. The molecule has 0 radical (unpaired) electrons. The Labute approximate surface area is 106 Å². The molecule has 100 valence electrons. The van der Waals surface area contributed by atoms with Crippen molar-refractivity contribution in [2.45, 2.75) is 31.3 Å². The van der Waals surface area contributed by atoms with Crippen molar-refractivity contribution in [3.63, 3.8) is 0 Å². The third kappa shape index (κ3) is 2.27. The molecule has 1 aliphatic rings. The summed E-state index contributed by atoms with van der Waals surface area (Å²) < 4.78 is 32.3.